The van der Waals surface area contributed by atoms with Gasteiger partial charge in [-0.3, -0.25) is 4.79 Å². The Balaban J connectivity index is 0.00000161. The number of nitrogens with two attached hydrogens (primary N) is 1. The highest BCUT2D eigenvalue weighted by molar-refractivity contribution is 5.94. The Bertz CT molecular complexity index is 513. The Labute approximate surface area is 131 Å². The lowest BCUT2D eigenvalue weighted by molar-refractivity contribution is 0.0937. The van der Waals surface area contributed by atoms with Crippen molar-refractivity contribution in [1.82, 2.24) is 5.32 Å². The average Bonchev–Trinajstić information content (AvgIpc) is 2.93. The monoisotopic (exact) mass is 310 g/mol. The SMILES string of the molecule is Cl.NC1(CNC(=O)c2ccc3c(c2)COC3)CCCCC1. The first-order chi connectivity index (χ1) is 9.66. The minimum atomic E-state index is -0.215. The van der Waals surface area contributed by atoms with Crippen LogP contribution in [0.1, 0.15) is 53.6 Å². The van der Waals surface area contributed by atoms with Crippen molar-refractivity contribution in [2.45, 2.75) is 50.9 Å². The molecule has 4 nitrogen and oxygen atoms in total. The first-order valence-corrected chi connectivity index (χ1v) is 7.43. The molecule has 0 spiro atoms. The summed E-state index contributed by atoms with van der Waals surface area (Å²) in [5, 5.41) is 3.00. The summed E-state index contributed by atoms with van der Waals surface area (Å²) < 4.78 is 5.37. The Morgan fingerprint density at radius 2 is 1.90 bits per heavy atom. The van der Waals surface area contributed by atoms with Crippen LogP contribution in [0.15, 0.2) is 18.2 Å². The molecule has 2 aliphatic rings. The molecule has 1 saturated carbocycles. The molecule has 1 fully saturated rings. The predicted octanol–water partition coefficient (Wildman–Crippen LogP) is 2.53. The van der Waals surface area contributed by atoms with E-state index in [0.29, 0.717) is 25.3 Å². The molecule has 0 aromatic heterocycles. The standard InChI is InChI=1S/C16H22N2O2.ClH/c17-16(6-2-1-3-7-16)11-18-15(19)12-4-5-13-9-20-10-14(13)8-12;/h4-5,8H,1-3,6-7,9-11,17H2,(H,18,19);1H. The largest absolute Gasteiger partial charge is 0.372 e. The number of ether oxygens (including phenoxy) is 1. The van der Waals surface area contributed by atoms with Crippen LogP contribution in [0.4, 0.5) is 0 Å². The number of nitrogens with one attached hydrogen (secondary N) is 1. The fourth-order valence-electron chi connectivity index (χ4n) is 3.10. The number of hydrogen-bond donors (Lipinski definition) is 2. The van der Waals surface area contributed by atoms with E-state index < -0.39 is 0 Å². The zero-order chi connectivity index (χ0) is 14.0. The van der Waals surface area contributed by atoms with E-state index in [1.807, 2.05) is 18.2 Å². The van der Waals surface area contributed by atoms with Crippen molar-refractivity contribution < 1.29 is 9.53 Å². The van der Waals surface area contributed by atoms with Crippen molar-refractivity contribution in [1.29, 1.82) is 0 Å². The fourth-order valence-corrected chi connectivity index (χ4v) is 3.10. The Morgan fingerprint density at radius 3 is 2.67 bits per heavy atom. The quantitative estimate of drug-likeness (QED) is 0.901. The number of carbonyl (C=O) groups excluding carboxylic acids is 1. The van der Waals surface area contributed by atoms with Gasteiger partial charge in [0.05, 0.1) is 13.2 Å². The number of carbonyl (C=O) groups is 1. The molecule has 0 atom stereocenters. The first kappa shape index (κ1) is 16.3. The third-order valence-electron chi connectivity index (χ3n) is 4.43. The zero-order valence-electron chi connectivity index (χ0n) is 12.2. The van der Waals surface area contributed by atoms with Crippen LogP contribution in [0, 0.1) is 0 Å². The van der Waals surface area contributed by atoms with Gasteiger partial charge in [0.25, 0.3) is 5.91 Å². The third kappa shape index (κ3) is 3.76. The third-order valence-corrected chi connectivity index (χ3v) is 4.43. The molecular weight excluding hydrogens is 288 g/mol. The molecule has 1 amide bonds. The molecule has 1 aliphatic carbocycles. The molecule has 0 saturated heterocycles. The molecule has 1 aromatic carbocycles. The van der Waals surface area contributed by atoms with Crippen LogP contribution in [-0.2, 0) is 18.0 Å². The van der Waals surface area contributed by atoms with E-state index in [4.69, 9.17) is 10.5 Å². The fraction of sp³-hybridized carbons (Fsp3) is 0.562. The smallest absolute Gasteiger partial charge is 0.251 e. The van der Waals surface area contributed by atoms with Crippen molar-refractivity contribution in [2.75, 3.05) is 6.54 Å². The summed E-state index contributed by atoms with van der Waals surface area (Å²) >= 11 is 0. The second kappa shape index (κ2) is 6.77. The molecule has 1 aromatic rings. The number of amides is 1. The lowest BCUT2D eigenvalue weighted by atomic mass is 9.82. The molecule has 3 N–H and O–H groups in total. The van der Waals surface area contributed by atoms with Crippen molar-refractivity contribution in [3.8, 4) is 0 Å². The van der Waals surface area contributed by atoms with E-state index in [-0.39, 0.29) is 23.9 Å². The molecule has 1 aliphatic heterocycles. The molecule has 1 heterocycles. The molecule has 0 radical (unpaired) electrons. The van der Waals surface area contributed by atoms with Crippen LogP contribution in [0.25, 0.3) is 0 Å². The summed E-state index contributed by atoms with van der Waals surface area (Å²) in [6.07, 6.45) is 5.61. The second-order valence-electron chi connectivity index (χ2n) is 6.08. The molecule has 3 rings (SSSR count). The van der Waals surface area contributed by atoms with Crippen molar-refractivity contribution >= 4 is 18.3 Å². The van der Waals surface area contributed by atoms with Gasteiger partial charge in [-0.2, -0.15) is 0 Å². The van der Waals surface area contributed by atoms with Gasteiger partial charge in [0.2, 0.25) is 0 Å². The van der Waals surface area contributed by atoms with Gasteiger partial charge in [0, 0.05) is 17.6 Å². The number of rotatable bonds is 3. The van der Waals surface area contributed by atoms with Crippen LogP contribution in [0.5, 0.6) is 0 Å². The highest BCUT2D eigenvalue weighted by atomic mass is 35.5. The minimum Gasteiger partial charge on any atom is -0.372 e. The van der Waals surface area contributed by atoms with Gasteiger partial charge in [-0.25, -0.2) is 0 Å². The van der Waals surface area contributed by atoms with E-state index in [1.54, 1.807) is 0 Å². The maximum atomic E-state index is 12.2. The highest BCUT2D eigenvalue weighted by Crippen LogP contribution is 2.25. The van der Waals surface area contributed by atoms with E-state index in [9.17, 15) is 4.79 Å². The zero-order valence-corrected chi connectivity index (χ0v) is 13.0. The summed E-state index contributed by atoms with van der Waals surface area (Å²) in [5.74, 6) is -0.0323. The Kier molecular flexibility index (Phi) is 5.25. The predicted molar refractivity (Wildman–Crippen MR) is 84.5 cm³/mol. The summed E-state index contributed by atoms with van der Waals surface area (Å²) in [4.78, 5) is 12.2. The Morgan fingerprint density at radius 1 is 1.19 bits per heavy atom. The molecular formula is C16H23ClN2O2. The van der Waals surface area contributed by atoms with E-state index >= 15 is 0 Å². The van der Waals surface area contributed by atoms with Crippen LogP contribution < -0.4 is 11.1 Å². The Hall–Kier alpha value is -1.10. The topological polar surface area (TPSA) is 64.3 Å². The highest BCUT2D eigenvalue weighted by Gasteiger charge is 2.28. The molecule has 21 heavy (non-hydrogen) atoms. The summed E-state index contributed by atoms with van der Waals surface area (Å²) in [7, 11) is 0. The number of fused-ring (bicyclic) bond motifs is 1. The van der Waals surface area contributed by atoms with Crippen LogP contribution in [-0.4, -0.2) is 18.0 Å². The molecule has 5 heteroatoms. The maximum absolute atomic E-state index is 12.2. The lowest BCUT2D eigenvalue weighted by Crippen LogP contribution is -2.51. The van der Waals surface area contributed by atoms with Crippen molar-refractivity contribution in [3.63, 3.8) is 0 Å². The van der Waals surface area contributed by atoms with E-state index in [2.05, 4.69) is 5.32 Å². The van der Waals surface area contributed by atoms with Crippen molar-refractivity contribution in [2.24, 2.45) is 5.73 Å². The van der Waals surface area contributed by atoms with Gasteiger partial charge >= 0.3 is 0 Å². The number of benzene rings is 1. The normalized spacial score (nSPS) is 19.5. The lowest BCUT2D eigenvalue weighted by Gasteiger charge is -2.33. The van der Waals surface area contributed by atoms with Gasteiger partial charge in [0.1, 0.15) is 0 Å². The minimum absolute atomic E-state index is 0. The van der Waals surface area contributed by atoms with E-state index in [0.717, 1.165) is 18.4 Å². The molecule has 0 unspecified atom stereocenters. The van der Waals surface area contributed by atoms with Crippen molar-refractivity contribution in [3.05, 3.63) is 34.9 Å². The van der Waals surface area contributed by atoms with E-state index in [1.165, 1.54) is 24.8 Å². The number of hydrogen-bond acceptors (Lipinski definition) is 3. The summed E-state index contributed by atoms with van der Waals surface area (Å²) in [6.45, 7) is 1.83. The number of halogens is 1. The second-order valence-corrected chi connectivity index (χ2v) is 6.08. The summed E-state index contributed by atoms with van der Waals surface area (Å²) in [5.41, 5.74) is 9.14. The molecule has 0 bridgehead atoms. The van der Waals surface area contributed by atoms with Gasteiger partial charge in [-0.1, -0.05) is 25.3 Å². The first-order valence-electron chi connectivity index (χ1n) is 7.43. The molecule has 116 valence electrons. The average molecular weight is 311 g/mol. The van der Waals surface area contributed by atoms with Crippen LogP contribution >= 0.6 is 12.4 Å². The van der Waals surface area contributed by atoms with Crippen LogP contribution in [0.3, 0.4) is 0 Å². The van der Waals surface area contributed by atoms with Gasteiger partial charge in [0.15, 0.2) is 0 Å². The van der Waals surface area contributed by atoms with Gasteiger partial charge in [-0.15, -0.1) is 12.4 Å². The maximum Gasteiger partial charge on any atom is 0.251 e. The summed E-state index contributed by atoms with van der Waals surface area (Å²) in [6, 6.07) is 5.78. The van der Waals surface area contributed by atoms with Gasteiger partial charge < -0.3 is 15.8 Å². The van der Waals surface area contributed by atoms with Gasteiger partial charge in [-0.05, 0) is 36.1 Å². The van der Waals surface area contributed by atoms with Crippen LogP contribution in [0.2, 0.25) is 0 Å².